The molecular weight excluding hydrogens is 266 g/mol. The third-order valence-corrected chi connectivity index (χ3v) is 2.76. The van der Waals surface area contributed by atoms with Crippen molar-refractivity contribution in [2.75, 3.05) is 0 Å². The summed E-state index contributed by atoms with van der Waals surface area (Å²) in [4.78, 5) is 21.9. The molecule has 0 atom stereocenters. The highest BCUT2D eigenvalue weighted by Gasteiger charge is 2.03. The number of hydrogen-bond acceptors (Lipinski definition) is 3. The van der Waals surface area contributed by atoms with Gasteiger partial charge in [-0.2, -0.15) is 0 Å². The van der Waals surface area contributed by atoms with Crippen molar-refractivity contribution < 1.29 is 9.72 Å². The second-order valence-electron chi connectivity index (χ2n) is 4.33. The van der Waals surface area contributed by atoms with Crippen LogP contribution in [-0.4, -0.2) is 10.7 Å². The van der Waals surface area contributed by atoms with Crippen LogP contribution in [0.25, 0.3) is 12.2 Å². The highest BCUT2D eigenvalue weighted by Crippen LogP contribution is 2.14. The number of ketones is 1. The van der Waals surface area contributed by atoms with Crippen LogP contribution in [0.4, 0.5) is 5.69 Å². The average molecular weight is 279 g/mol. The van der Waals surface area contributed by atoms with Gasteiger partial charge in [-0.15, -0.1) is 0 Å². The molecule has 4 nitrogen and oxygen atoms in total. The maximum Gasteiger partial charge on any atom is 0.270 e. The predicted octanol–water partition coefficient (Wildman–Crippen LogP) is 3.89. The molecule has 0 N–H and O–H groups in total. The monoisotopic (exact) mass is 279 g/mol. The van der Waals surface area contributed by atoms with Crippen molar-refractivity contribution in [1.82, 2.24) is 0 Å². The third-order valence-electron chi connectivity index (χ3n) is 2.76. The van der Waals surface area contributed by atoms with Crippen molar-refractivity contribution in [1.29, 1.82) is 0 Å². The summed E-state index contributed by atoms with van der Waals surface area (Å²) in [7, 11) is 0. The van der Waals surface area contributed by atoms with Crippen LogP contribution in [0.5, 0.6) is 0 Å². The molecule has 0 fully saturated rings. The van der Waals surface area contributed by atoms with Gasteiger partial charge in [0.05, 0.1) is 4.92 Å². The zero-order valence-corrected chi connectivity index (χ0v) is 11.2. The fraction of sp³-hybridized carbons (Fsp3) is 0. The molecule has 0 saturated heterocycles. The Morgan fingerprint density at radius 3 is 2.19 bits per heavy atom. The summed E-state index contributed by atoms with van der Waals surface area (Å²) in [5.41, 5.74) is 1.56. The minimum Gasteiger partial charge on any atom is -0.290 e. The lowest BCUT2D eigenvalue weighted by molar-refractivity contribution is -0.384. The molecule has 0 aliphatic carbocycles. The number of rotatable bonds is 5. The Morgan fingerprint density at radius 2 is 1.52 bits per heavy atom. The van der Waals surface area contributed by atoms with Gasteiger partial charge in [0.15, 0.2) is 5.78 Å². The number of benzene rings is 2. The molecule has 2 rings (SSSR count). The number of carbonyl (C=O) groups excluding carboxylic acids is 1. The lowest BCUT2D eigenvalue weighted by Gasteiger charge is -1.93. The van der Waals surface area contributed by atoms with Gasteiger partial charge in [0.1, 0.15) is 0 Å². The summed E-state index contributed by atoms with van der Waals surface area (Å²) < 4.78 is 0. The lowest BCUT2D eigenvalue weighted by Crippen LogP contribution is -1.88. The molecule has 0 radical (unpaired) electrons. The van der Waals surface area contributed by atoms with Gasteiger partial charge in [-0.25, -0.2) is 0 Å². The smallest absolute Gasteiger partial charge is 0.270 e. The van der Waals surface area contributed by atoms with E-state index in [-0.39, 0.29) is 11.5 Å². The molecule has 0 aliphatic rings. The Morgan fingerprint density at radius 1 is 0.905 bits per heavy atom. The zero-order chi connectivity index (χ0) is 15.1. The Labute approximate surface area is 122 Å². The summed E-state index contributed by atoms with van der Waals surface area (Å²) in [5.74, 6) is -0.176. The van der Waals surface area contributed by atoms with Crippen LogP contribution in [0.15, 0.2) is 66.7 Å². The van der Waals surface area contributed by atoms with Gasteiger partial charge in [-0.3, -0.25) is 14.9 Å². The SMILES string of the molecule is O=C(/C=C/c1ccccc1)/C=C/c1cccc([N+](=O)[O-])c1. The highest BCUT2D eigenvalue weighted by atomic mass is 16.6. The average Bonchev–Trinajstić information content (AvgIpc) is 2.52. The molecule has 2 aromatic carbocycles. The van der Waals surface area contributed by atoms with Crippen LogP contribution in [0.3, 0.4) is 0 Å². The number of carbonyl (C=O) groups is 1. The van der Waals surface area contributed by atoms with E-state index in [0.717, 1.165) is 5.56 Å². The number of hydrogen-bond donors (Lipinski definition) is 0. The molecule has 104 valence electrons. The topological polar surface area (TPSA) is 60.2 Å². The van der Waals surface area contributed by atoms with E-state index in [9.17, 15) is 14.9 Å². The number of allylic oxidation sites excluding steroid dienone is 2. The van der Waals surface area contributed by atoms with Gasteiger partial charge in [-0.05, 0) is 23.3 Å². The molecule has 0 saturated carbocycles. The second kappa shape index (κ2) is 6.96. The first-order chi connectivity index (χ1) is 10.1. The van der Waals surface area contributed by atoms with Crippen LogP contribution >= 0.6 is 0 Å². The molecule has 4 heteroatoms. The van der Waals surface area contributed by atoms with Crippen LogP contribution in [0, 0.1) is 10.1 Å². The molecule has 0 bridgehead atoms. The second-order valence-corrected chi connectivity index (χ2v) is 4.33. The molecule has 0 aromatic heterocycles. The molecular formula is C17H13NO3. The summed E-state index contributed by atoms with van der Waals surface area (Å²) in [6.45, 7) is 0. The van der Waals surface area contributed by atoms with Crippen LogP contribution in [0.2, 0.25) is 0 Å². The Hall–Kier alpha value is -3.01. The molecule has 0 heterocycles. The fourth-order valence-corrected chi connectivity index (χ4v) is 1.72. The van der Waals surface area contributed by atoms with Crippen molar-refractivity contribution in [2.24, 2.45) is 0 Å². The zero-order valence-electron chi connectivity index (χ0n) is 11.2. The molecule has 0 amide bonds. The first kappa shape index (κ1) is 14.4. The van der Waals surface area contributed by atoms with Crippen molar-refractivity contribution in [2.45, 2.75) is 0 Å². The molecule has 0 unspecified atom stereocenters. The van der Waals surface area contributed by atoms with E-state index in [1.807, 2.05) is 30.3 Å². The van der Waals surface area contributed by atoms with E-state index >= 15 is 0 Å². The molecule has 0 aliphatic heterocycles. The maximum atomic E-state index is 11.7. The number of nitrogens with zero attached hydrogens (tertiary/aromatic N) is 1. The maximum absolute atomic E-state index is 11.7. The van der Waals surface area contributed by atoms with E-state index in [0.29, 0.717) is 5.56 Å². The Kier molecular flexibility index (Phi) is 4.77. The van der Waals surface area contributed by atoms with Gasteiger partial charge in [0, 0.05) is 12.1 Å². The van der Waals surface area contributed by atoms with Crippen molar-refractivity contribution in [3.63, 3.8) is 0 Å². The largest absolute Gasteiger partial charge is 0.290 e. The van der Waals surface area contributed by atoms with Gasteiger partial charge < -0.3 is 0 Å². The number of nitro benzene ring substituents is 1. The van der Waals surface area contributed by atoms with Gasteiger partial charge in [-0.1, -0.05) is 54.6 Å². The standard InChI is InChI=1S/C17H13NO3/c19-17(11-9-14-5-2-1-3-6-14)12-10-15-7-4-8-16(13-15)18(20)21/h1-13H/b11-9+,12-10+. The van der Waals surface area contributed by atoms with Crippen molar-refractivity contribution in [3.05, 3.63) is 88.0 Å². The van der Waals surface area contributed by atoms with Gasteiger partial charge >= 0.3 is 0 Å². The fourth-order valence-electron chi connectivity index (χ4n) is 1.72. The van der Waals surface area contributed by atoms with Crippen molar-refractivity contribution >= 4 is 23.6 Å². The minimum absolute atomic E-state index is 0.00410. The van der Waals surface area contributed by atoms with E-state index in [1.54, 1.807) is 24.3 Å². The molecule has 2 aromatic rings. The van der Waals surface area contributed by atoms with E-state index in [4.69, 9.17) is 0 Å². The van der Waals surface area contributed by atoms with Crippen LogP contribution in [-0.2, 0) is 4.79 Å². The van der Waals surface area contributed by atoms with E-state index in [1.165, 1.54) is 24.3 Å². The normalized spacial score (nSPS) is 11.0. The first-order valence-electron chi connectivity index (χ1n) is 6.35. The van der Waals surface area contributed by atoms with Gasteiger partial charge in [0.25, 0.3) is 5.69 Å². The Balaban J connectivity index is 2.04. The number of non-ortho nitro benzene ring substituents is 1. The summed E-state index contributed by atoms with van der Waals surface area (Å²) in [5, 5.41) is 10.7. The van der Waals surface area contributed by atoms with E-state index < -0.39 is 4.92 Å². The quantitative estimate of drug-likeness (QED) is 0.474. The predicted molar refractivity (Wildman–Crippen MR) is 82.6 cm³/mol. The lowest BCUT2D eigenvalue weighted by atomic mass is 10.1. The number of nitro groups is 1. The van der Waals surface area contributed by atoms with Crippen LogP contribution < -0.4 is 0 Å². The van der Waals surface area contributed by atoms with Crippen molar-refractivity contribution in [3.8, 4) is 0 Å². The highest BCUT2D eigenvalue weighted by molar-refractivity contribution is 6.04. The molecule has 21 heavy (non-hydrogen) atoms. The Bertz CT molecular complexity index is 703. The summed E-state index contributed by atoms with van der Waals surface area (Å²) >= 11 is 0. The third kappa shape index (κ3) is 4.54. The molecule has 0 spiro atoms. The van der Waals surface area contributed by atoms with E-state index in [2.05, 4.69) is 0 Å². The summed E-state index contributed by atoms with van der Waals surface area (Å²) in [6.07, 6.45) is 6.13. The first-order valence-corrected chi connectivity index (χ1v) is 6.35. The minimum atomic E-state index is -0.464. The van der Waals surface area contributed by atoms with Gasteiger partial charge in [0.2, 0.25) is 0 Å². The van der Waals surface area contributed by atoms with Crippen LogP contribution in [0.1, 0.15) is 11.1 Å². The summed E-state index contributed by atoms with van der Waals surface area (Å²) in [6, 6.07) is 15.6.